The summed E-state index contributed by atoms with van der Waals surface area (Å²) in [4.78, 5) is 36.8. The highest BCUT2D eigenvalue weighted by molar-refractivity contribution is 5.97. The minimum absolute atomic E-state index is 0.134. The van der Waals surface area contributed by atoms with Gasteiger partial charge in [0, 0.05) is 18.7 Å². The standard InChI is InChI=1S/C17H22N2O6/c1-24-13-4-3-12(9-14(13)25-2)16(21)18-10-15(20)19-7-5-11(6-8-19)17(22)23/h3-4,9,11H,5-8,10H2,1-2H3,(H,18,21)(H,22,23). The molecule has 2 N–H and O–H groups in total. The smallest absolute Gasteiger partial charge is 0.306 e. The maximum Gasteiger partial charge on any atom is 0.306 e. The number of hydrogen-bond donors (Lipinski definition) is 2. The molecular weight excluding hydrogens is 328 g/mol. The van der Waals surface area contributed by atoms with Crippen LogP contribution in [0, 0.1) is 5.92 Å². The van der Waals surface area contributed by atoms with E-state index in [1.165, 1.54) is 20.3 Å². The fourth-order valence-corrected chi connectivity index (χ4v) is 2.72. The summed E-state index contributed by atoms with van der Waals surface area (Å²) < 4.78 is 10.3. The van der Waals surface area contributed by atoms with Gasteiger partial charge in [-0.05, 0) is 31.0 Å². The zero-order valence-electron chi connectivity index (χ0n) is 14.3. The van der Waals surface area contributed by atoms with E-state index < -0.39 is 17.8 Å². The van der Waals surface area contributed by atoms with Crippen LogP contribution in [0.2, 0.25) is 0 Å². The summed E-state index contributed by atoms with van der Waals surface area (Å²) in [7, 11) is 2.98. The van der Waals surface area contributed by atoms with Crippen molar-refractivity contribution < 1.29 is 29.0 Å². The molecule has 2 rings (SSSR count). The Hall–Kier alpha value is -2.77. The summed E-state index contributed by atoms with van der Waals surface area (Å²) in [6.45, 7) is 0.648. The van der Waals surface area contributed by atoms with E-state index in [-0.39, 0.29) is 12.5 Å². The van der Waals surface area contributed by atoms with Gasteiger partial charge in [-0.3, -0.25) is 14.4 Å². The number of nitrogens with zero attached hydrogens (tertiary/aromatic N) is 1. The highest BCUT2D eigenvalue weighted by Crippen LogP contribution is 2.27. The van der Waals surface area contributed by atoms with E-state index in [0.717, 1.165) is 0 Å². The van der Waals surface area contributed by atoms with Crippen molar-refractivity contribution in [2.45, 2.75) is 12.8 Å². The normalized spacial score (nSPS) is 14.7. The third-order valence-corrected chi connectivity index (χ3v) is 4.24. The molecule has 1 fully saturated rings. The second-order valence-electron chi connectivity index (χ2n) is 5.75. The van der Waals surface area contributed by atoms with Crippen LogP contribution in [0.5, 0.6) is 11.5 Å². The molecule has 25 heavy (non-hydrogen) atoms. The lowest BCUT2D eigenvalue weighted by Gasteiger charge is -2.30. The zero-order valence-corrected chi connectivity index (χ0v) is 14.3. The Morgan fingerprint density at radius 3 is 2.36 bits per heavy atom. The van der Waals surface area contributed by atoms with Crippen molar-refractivity contribution >= 4 is 17.8 Å². The number of aliphatic carboxylic acids is 1. The van der Waals surface area contributed by atoms with Gasteiger partial charge in [0.2, 0.25) is 5.91 Å². The van der Waals surface area contributed by atoms with Crippen molar-refractivity contribution in [2.24, 2.45) is 5.92 Å². The van der Waals surface area contributed by atoms with Crippen LogP contribution < -0.4 is 14.8 Å². The molecular formula is C17H22N2O6. The average Bonchev–Trinajstić information content (AvgIpc) is 2.65. The van der Waals surface area contributed by atoms with E-state index in [2.05, 4.69) is 5.32 Å². The van der Waals surface area contributed by atoms with Crippen molar-refractivity contribution in [1.82, 2.24) is 10.2 Å². The zero-order chi connectivity index (χ0) is 18.4. The van der Waals surface area contributed by atoms with Gasteiger partial charge in [0.15, 0.2) is 11.5 Å². The van der Waals surface area contributed by atoms with Crippen LogP contribution in [0.3, 0.4) is 0 Å². The summed E-state index contributed by atoms with van der Waals surface area (Å²) in [5, 5.41) is 11.5. The molecule has 0 atom stereocenters. The van der Waals surface area contributed by atoms with Gasteiger partial charge in [0.25, 0.3) is 5.91 Å². The van der Waals surface area contributed by atoms with Crippen molar-refractivity contribution in [2.75, 3.05) is 33.9 Å². The van der Waals surface area contributed by atoms with Gasteiger partial charge in [0.05, 0.1) is 26.7 Å². The molecule has 0 unspecified atom stereocenters. The molecule has 136 valence electrons. The maximum atomic E-state index is 12.2. The molecule has 1 aliphatic heterocycles. The molecule has 1 aliphatic rings. The molecule has 8 nitrogen and oxygen atoms in total. The van der Waals surface area contributed by atoms with Gasteiger partial charge < -0.3 is 24.8 Å². The van der Waals surface area contributed by atoms with Gasteiger partial charge in [-0.25, -0.2) is 0 Å². The van der Waals surface area contributed by atoms with Crippen LogP contribution in [0.15, 0.2) is 18.2 Å². The number of benzene rings is 1. The first-order valence-corrected chi connectivity index (χ1v) is 7.97. The Labute approximate surface area is 145 Å². The number of carbonyl (C=O) groups excluding carboxylic acids is 2. The third kappa shape index (κ3) is 4.62. The summed E-state index contributed by atoms with van der Waals surface area (Å²) in [5.41, 5.74) is 0.357. The first-order valence-electron chi connectivity index (χ1n) is 7.97. The molecule has 1 aromatic rings. The van der Waals surface area contributed by atoms with Gasteiger partial charge in [0.1, 0.15) is 0 Å². The first-order chi connectivity index (χ1) is 12.0. The lowest BCUT2D eigenvalue weighted by atomic mass is 9.97. The fourth-order valence-electron chi connectivity index (χ4n) is 2.72. The van der Waals surface area contributed by atoms with Gasteiger partial charge in [-0.15, -0.1) is 0 Å². The van der Waals surface area contributed by atoms with E-state index in [1.807, 2.05) is 0 Å². The molecule has 0 aromatic heterocycles. The summed E-state index contributed by atoms with van der Waals surface area (Å²) >= 11 is 0. The number of amides is 2. The van der Waals surface area contributed by atoms with Crippen LogP contribution >= 0.6 is 0 Å². The quantitative estimate of drug-likeness (QED) is 0.785. The van der Waals surface area contributed by atoms with E-state index in [9.17, 15) is 14.4 Å². The second-order valence-corrected chi connectivity index (χ2v) is 5.75. The number of piperidine rings is 1. The molecule has 0 radical (unpaired) electrons. The van der Waals surface area contributed by atoms with Crippen LogP contribution in [-0.4, -0.2) is 61.6 Å². The predicted molar refractivity (Wildman–Crippen MR) is 88.8 cm³/mol. The molecule has 0 aliphatic carbocycles. The minimum Gasteiger partial charge on any atom is -0.493 e. The Morgan fingerprint density at radius 2 is 1.80 bits per heavy atom. The SMILES string of the molecule is COc1ccc(C(=O)NCC(=O)N2CCC(C(=O)O)CC2)cc1OC. The van der Waals surface area contributed by atoms with Crippen LogP contribution in [0.1, 0.15) is 23.2 Å². The second kappa shape index (κ2) is 8.36. The largest absolute Gasteiger partial charge is 0.493 e. The Bertz CT molecular complexity index is 653. The summed E-state index contributed by atoms with van der Waals surface area (Å²) in [6.07, 6.45) is 0.870. The molecule has 2 amide bonds. The first kappa shape index (κ1) is 18.6. The minimum atomic E-state index is -0.825. The molecule has 0 saturated carbocycles. The highest BCUT2D eigenvalue weighted by Gasteiger charge is 2.27. The topological polar surface area (TPSA) is 105 Å². The van der Waals surface area contributed by atoms with Crippen LogP contribution in [-0.2, 0) is 9.59 Å². The molecule has 1 heterocycles. The highest BCUT2D eigenvalue weighted by atomic mass is 16.5. The maximum absolute atomic E-state index is 12.2. The third-order valence-electron chi connectivity index (χ3n) is 4.24. The van der Waals surface area contributed by atoms with Crippen molar-refractivity contribution in [3.8, 4) is 11.5 Å². The molecule has 8 heteroatoms. The van der Waals surface area contributed by atoms with E-state index in [1.54, 1.807) is 17.0 Å². The Morgan fingerprint density at radius 1 is 1.16 bits per heavy atom. The predicted octanol–water partition coefficient (Wildman–Crippen LogP) is 0.757. The van der Waals surface area contributed by atoms with E-state index in [0.29, 0.717) is 43.0 Å². The van der Waals surface area contributed by atoms with Gasteiger partial charge in [-0.2, -0.15) is 0 Å². The fraction of sp³-hybridized carbons (Fsp3) is 0.471. The lowest BCUT2D eigenvalue weighted by Crippen LogP contribution is -2.45. The number of methoxy groups -OCH3 is 2. The number of rotatable bonds is 6. The Kier molecular flexibility index (Phi) is 6.21. The number of likely N-dealkylation sites (tertiary alicyclic amines) is 1. The number of nitrogens with one attached hydrogen (secondary N) is 1. The number of carboxylic acids is 1. The van der Waals surface area contributed by atoms with Crippen molar-refractivity contribution in [1.29, 1.82) is 0 Å². The molecule has 1 saturated heterocycles. The van der Waals surface area contributed by atoms with Gasteiger partial charge in [-0.1, -0.05) is 0 Å². The molecule has 1 aromatic carbocycles. The van der Waals surface area contributed by atoms with Crippen LogP contribution in [0.25, 0.3) is 0 Å². The van der Waals surface area contributed by atoms with Gasteiger partial charge >= 0.3 is 5.97 Å². The number of hydrogen-bond acceptors (Lipinski definition) is 5. The lowest BCUT2D eigenvalue weighted by molar-refractivity contribution is -0.145. The summed E-state index contributed by atoms with van der Waals surface area (Å²) in [6, 6.07) is 4.74. The van der Waals surface area contributed by atoms with Crippen molar-refractivity contribution in [3.05, 3.63) is 23.8 Å². The van der Waals surface area contributed by atoms with E-state index in [4.69, 9.17) is 14.6 Å². The molecule has 0 bridgehead atoms. The van der Waals surface area contributed by atoms with E-state index >= 15 is 0 Å². The number of ether oxygens (including phenoxy) is 2. The summed E-state index contributed by atoms with van der Waals surface area (Å²) in [5.74, 6) is -0.903. The monoisotopic (exact) mass is 350 g/mol. The Balaban J connectivity index is 1.87. The molecule has 0 spiro atoms. The number of carbonyl (C=O) groups is 3. The average molecular weight is 350 g/mol. The number of carboxylic acid groups (broad SMARTS) is 1. The van der Waals surface area contributed by atoms with Crippen LogP contribution in [0.4, 0.5) is 0 Å². The van der Waals surface area contributed by atoms with Crippen molar-refractivity contribution in [3.63, 3.8) is 0 Å².